The standard InChI is InChI=1S/C12H13N3O5S/c16-6-5-15(21(19,20)11-7-13-8-14-11)10-4-2-1-3-9(10)12(17)18/h1-4,7-8,16H,5-6H2,(H,13,14)(H,17,18). The fourth-order valence-electron chi connectivity index (χ4n) is 1.84. The molecule has 2 aromatic rings. The summed E-state index contributed by atoms with van der Waals surface area (Å²) >= 11 is 0. The summed E-state index contributed by atoms with van der Waals surface area (Å²) in [6.07, 6.45) is 2.32. The number of carboxylic acids is 1. The lowest BCUT2D eigenvalue weighted by Crippen LogP contribution is -2.35. The molecule has 0 fully saturated rings. The Balaban J connectivity index is 2.58. The van der Waals surface area contributed by atoms with Gasteiger partial charge in [-0.1, -0.05) is 12.1 Å². The SMILES string of the molecule is O=C(O)c1ccccc1N(CCO)S(=O)(=O)c1cnc[nH]1. The molecule has 1 aromatic carbocycles. The van der Waals surface area contributed by atoms with Crippen molar-refractivity contribution in [3.05, 3.63) is 42.4 Å². The van der Waals surface area contributed by atoms with E-state index in [0.717, 1.165) is 10.5 Å². The molecule has 9 heteroatoms. The van der Waals surface area contributed by atoms with Gasteiger partial charge in [-0.05, 0) is 12.1 Å². The Morgan fingerprint density at radius 3 is 2.62 bits per heavy atom. The molecule has 0 aliphatic heterocycles. The average molecular weight is 311 g/mol. The number of H-pyrrole nitrogens is 1. The van der Waals surface area contributed by atoms with Gasteiger partial charge in [0.05, 0.1) is 36.9 Å². The van der Waals surface area contributed by atoms with Gasteiger partial charge in [0, 0.05) is 0 Å². The number of nitrogens with one attached hydrogen (secondary N) is 1. The van der Waals surface area contributed by atoms with E-state index in [1.165, 1.54) is 30.6 Å². The highest BCUT2D eigenvalue weighted by molar-refractivity contribution is 7.92. The number of nitrogens with zero attached hydrogens (tertiary/aromatic N) is 2. The van der Waals surface area contributed by atoms with Crippen LogP contribution in [0.1, 0.15) is 10.4 Å². The van der Waals surface area contributed by atoms with Crippen molar-refractivity contribution in [3.8, 4) is 0 Å². The third-order valence-electron chi connectivity index (χ3n) is 2.75. The first-order valence-electron chi connectivity index (χ1n) is 5.92. The van der Waals surface area contributed by atoms with Gasteiger partial charge in [-0.2, -0.15) is 8.42 Å². The van der Waals surface area contributed by atoms with Gasteiger partial charge in [-0.3, -0.25) is 4.31 Å². The van der Waals surface area contributed by atoms with Crippen molar-refractivity contribution in [1.29, 1.82) is 0 Å². The number of carboxylic acid groups (broad SMARTS) is 1. The van der Waals surface area contributed by atoms with Crippen LogP contribution in [0, 0.1) is 0 Å². The number of para-hydroxylation sites is 1. The third kappa shape index (κ3) is 2.88. The maximum absolute atomic E-state index is 12.5. The lowest BCUT2D eigenvalue weighted by Gasteiger charge is -2.24. The number of hydrogen-bond acceptors (Lipinski definition) is 5. The van der Waals surface area contributed by atoms with Gasteiger partial charge in [-0.25, -0.2) is 9.78 Å². The zero-order valence-electron chi connectivity index (χ0n) is 10.8. The molecule has 0 aliphatic rings. The fourth-order valence-corrected chi connectivity index (χ4v) is 3.21. The van der Waals surface area contributed by atoms with Crippen LogP contribution in [0.5, 0.6) is 0 Å². The Bertz CT molecular complexity index is 727. The van der Waals surface area contributed by atoms with Crippen LogP contribution in [-0.4, -0.2) is 47.7 Å². The molecule has 0 spiro atoms. The molecule has 0 bridgehead atoms. The van der Waals surface area contributed by atoms with Crippen molar-refractivity contribution in [2.75, 3.05) is 17.5 Å². The van der Waals surface area contributed by atoms with E-state index in [1.54, 1.807) is 0 Å². The number of benzene rings is 1. The zero-order chi connectivity index (χ0) is 15.5. The number of aliphatic hydroxyl groups is 1. The zero-order valence-corrected chi connectivity index (χ0v) is 11.6. The van der Waals surface area contributed by atoms with Gasteiger partial charge < -0.3 is 15.2 Å². The van der Waals surface area contributed by atoms with Gasteiger partial charge in [0.15, 0.2) is 5.03 Å². The molecule has 0 saturated carbocycles. The second kappa shape index (κ2) is 5.94. The normalized spacial score (nSPS) is 11.3. The van der Waals surface area contributed by atoms with Crippen LogP contribution in [0.3, 0.4) is 0 Å². The molecule has 21 heavy (non-hydrogen) atoms. The molecule has 0 unspecified atom stereocenters. The number of carbonyl (C=O) groups is 1. The Labute approximate surface area is 120 Å². The molecule has 3 N–H and O–H groups in total. The van der Waals surface area contributed by atoms with Gasteiger partial charge >= 0.3 is 5.97 Å². The Hall–Kier alpha value is -2.39. The molecule has 8 nitrogen and oxygen atoms in total. The lowest BCUT2D eigenvalue weighted by molar-refractivity contribution is 0.0697. The molecular weight excluding hydrogens is 298 g/mol. The first-order chi connectivity index (χ1) is 9.98. The van der Waals surface area contributed by atoms with E-state index in [0.29, 0.717) is 0 Å². The highest BCUT2D eigenvalue weighted by Crippen LogP contribution is 2.26. The Morgan fingerprint density at radius 1 is 1.33 bits per heavy atom. The molecule has 0 amide bonds. The average Bonchev–Trinajstić information content (AvgIpc) is 2.99. The maximum Gasteiger partial charge on any atom is 0.337 e. The summed E-state index contributed by atoms with van der Waals surface area (Å²) < 4.78 is 25.9. The summed E-state index contributed by atoms with van der Waals surface area (Å²) in [7, 11) is -4.04. The number of aromatic carboxylic acids is 1. The first-order valence-corrected chi connectivity index (χ1v) is 7.36. The maximum atomic E-state index is 12.5. The number of sulfonamides is 1. The smallest absolute Gasteiger partial charge is 0.337 e. The Morgan fingerprint density at radius 2 is 2.05 bits per heavy atom. The first kappa shape index (κ1) is 15.0. The van der Waals surface area contributed by atoms with E-state index in [4.69, 9.17) is 5.11 Å². The summed E-state index contributed by atoms with van der Waals surface area (Å²) in [5.41, 5.74) is -0.192. The lowest BCUT2D eigenvalue weighted by atomic mass is 10.2. The fraction of sp³-hybridized carbons (Fsp3) is 0.167. The number of imidazole rings is 1. The van der Waals surface area contributed by atoms with E-state index >= 15 is 0 Å². The van der Waals surface area contributed by atoms with Gasteiger partial charge in [0.2, 0.25) is 0 Å². The van der Waals surface area contributed by atoms with E-state index < -0.39 is 22.6 Å². The molecule has 0 atom stereocenters. The van der Waals surface area contributed by atoms with Crippen LogP contribution in [0.2, 0.25) is 0 Å². The third-order valence-corrected chi connectivity index (χ3v) is 4.49. The molecule has 1 heterocycles. The van der Waals surface area contributed by atoms with Crippen LogP contribution >= 0.6 is 0 Å². The van der Waals surface area contributed by atoms with Crippen molar-refractivity contribution >= 4 is 21.7 Å². The molecular formula is C12H13N3O5S. The number of aromatic nitrogens is 2. The minimum atomic E-state index is -4.04. The van der Waals surface area contributed by atoms with Crippen LogP contribution < -0.4 is 4.31 Å². The van der Waals surface area contributed by atoms with Crippen LogP contribution in [0.4, 0.5) is 5.69 Å². The van der Waals surface area contributed by atoms with Crippen molar-refractivity contribution in [2.24, 2.45) is 0 Å². The molecule has 1 aromatic heterocycles. The minimum absolute atomic E-state index is 0.0198. The van der Waals surface area contributed by atoms with E-state index in [1.807, 2.05) is 0 Å². The predicted molar refractivity (Wildman–Crippen MR) is 73.6 cm³/mol. The number of aromatic amines is 1. The Kier molecular flexibility index (Phi) is 4.24. The summed E-state index contributed by atoms with van der Waals surface area (Å²) in [4.78, 5) is 17.3. The summed E-state index contributed by atoms with van der Waals surface area (Å²) in [5, 5.41) is 18.1. The van der Waals surface area contributed by atoms with Crippen LogP contribution in [0.15, 0.2) is 41.8 Å². The molecule has 0 radical (unpaired) electrons. The largest absolute Gasteiger partial charge is 0.478 e. The number of anilines is 1. The van der Waals surface area contributed by atoms with Crippen LogP contribution in [0.25, 0.3) is 0 Å². The van der Waals surface area contributed by atoms with Gasteiger partial charge in [-0.15, -0.1) is 0 Å². The van der Waals surface area contributed by atoms with E-state index in [9.17, 15) is 18.3 Å². The van der Waals surface area contributed by atoms with Crippen molar-refractivity contribution in [2.45, 2.75) is 5.03 Å². The molecule has 0 aliphatic carbocycles. The highest BCUT2D eigenvalue weighted by Gasteiger charge is 2.28. The number of aliphatic hydroxyl groups excluding tert-OH is 1. The highest BCUT2D eigenvalue weighted by atomic mass is 32.2. The minimum Gasteiger partial charge on any atom is -0.478 e. The van der Waals surface area contributed by atoms with E-state index in [-0.39, 0.29) is 22.8 Å². The van der Waals surface area contributed by atoms with E-state index in [2.05, 4.69) is 9.97 Å². The summed E-state index contributed by atoms with van der Waals surface area (Å²) in [5.74, 6) is -1.26. The summed E-state index contributed by atoms with van der Waals surface area (Å²) in [6.45, 7) is -0.729. The van der Waals surface area contributed by atoms with Gasteiger partial charge in [0.25, 0.3) is 10.0 Å². The van der Waals surface area contributed by atoms with Crippen molar-refractivity contribution < 1.29 is 23.4 Å². The van der Waals surface area contributed by atoms with Crippen LogP contribution in [-0.2, 0) is 10.0 Å². The predicted octanol–water partition coefficient (Wildman–Crippen LogP) is 0.296. The topological polar surface area (TPSA) is 124 Å². The second-order valence-electron chi connectivity index (χ2n) is 4.04. The monoisotopic (exact) mass is 311 g/mol. The molecule has 0 saturated heterocycles. The summed E-state index contributed by atoms with van der Waals surface area (Å²) in [6, 6.07) is 5.68. The number of hydrogen-bond donors (Lipinski definition) is 3. The second-order valence-corrected chi connectivity index (χ2v) is 5.87. The van der Waals surface area contributed by atoms with Crippen molar-refractivity contribution in [3.63, 3.8) is 0 Å². The quantitative estimate of drug-likeness (QED) is 0.704. The van der Waals surface area contributed by atoms with Gasteiger partial charge in [0.1, 0.15) is 0 Å². The van der Waals surface area contributed by atoms with Crippen molar-refractivity contribution in [1.82, 2.24) is 9.97 Å². The number of rotatable bonds is 6. The molecule has 2 rings (SSSR count). The molecule has 112 valence electrons.